The lowest BCUT2D eigenvalue weighted by Gasteiger charge is -2.16. The number of imidazole rings is 1. The van der Waals surface area contributed by atoms with Gasteiger partial charge in [-0.15, -0.1) is 0 Å². The molecule has 4 unspecified atom stereocenters. The van der Waals surface area contributed by atoms with Gasteiger partial charge < -0.3 is 26.0 Å². The van der Waals surface area contributed by atoms with Crippen molar-refractivity contribution in [2.45, 2.75) is 38.4 Å². The number of ether oxygens (including phenoxy) is 1. The number of carbonyl (C=O) groups is 1. The van der Waals surface area contributed by atoms with Crippen molar-refractivity contribution in [1.82, 2.24) is 24.8 Å². The Bertz CT molecular complexity index is 870. The van der Waals surface area contributed by atoms with E-state index >= 15 is 0 Å². The molecule has 3 heterocycles. The molecule has 10 nitrogen and oxygen atoms in total. The van der Waals surface area contributed by atoms with E-state index in [1.54, 1.807) is 13.8 Å². The lowest BCUT2D eigenvalue weighted by atomic mass is 10.1. The second-order valence-corrected chi connectivity index (χ2v) is 5.45. The Morgan fingerprint density at radius 1 is 1.44 bits per heavy atom. The van der Waals surface area contributed by atoms with Gasteiger partial charge in [-0.25, -0.2) is 15.0 Å². The van der Waals surface area contributed by atoms with Crippen molar-refractivity contribution in [2.24, 2.45) is 0 Å². The van der Waals surface area contributed by atoms with Crippen LogP contribution >= 0.6 is 0 Å². The van der Waals surface area contributed by atoms with Gasteiger partial charge in [-0.05, 0) is 19.8 Å². The van der Waals surface area contributed by atoms with E-state index in [0.29, 0.717) is 12.1 Å². The van der Waals surface area contributed by atoms with E-state index in [1.807, 2.05) is 0 Å². The fourth-order valence-electron chi connectivity index (χ4n) is 2.67. The van der Waals surface area contributed by atoms with Gasteiger partial charge in [0, 0.05) is 6.54 Å². The average Bonchev–Trinajstić information content (AvgIpc) is 3.11. The predicted octanol–water partition coefficient (Wildman–Crippen LogP) is -1.46. The highest BCUT2D eigenvalue weighted by atomic mass is 16.6. The van der Waals surface area contributed by atoms with Gasteiger partial charge in [0.05, 0.1) is 6.33 Å². The second kappa shape index (κ2) is 6.64. The van der Waals surface area contributed by atoms with Gasteiger partial charge in [0.25, 0.3) is 5.91 Å². The number of likely N-dealkylation sites (N-methyl/N-ethyl adjacent to an activating group) is 1. The number of fused-ring (bicyclic) bond motifs is 1. The molecule has 1 saturated heterocycles. The minimum Gasteiger partial charge on any atom is -0.387 e. The molecule has 3 rings (SSSR count). The van der Waals surface area contributed by atoms with Gasteiger partial charge in [-0.2, -0.15) is 0 Å². The minimum atomic E-state index is -1.39. The molecule has 25 heavy (non-hydrogen) atoms. The van der Waals surface area contributed by atoms with Crippen LogP contribution in [0.4, 0.5) is 5.82 Å². The molecule has 0 bridgehead atoms. The van der Waals surface area contributed by atoms with Crippen LogP contribution in [0.2, 0.25) is 0 Å². The van der Waals surface area contributed by atoms with Crippen LogP contribution in [0, 0.1) is 11.8 Å². The summed E-state index contributed by atoms with van der Waals surface area (Å²) < 4.78 is 6.97. The highest BCUT2D eigenvalue weighted by Gasteiger charge is 2.47. The van der Waals surface area contributed by atoms with E-state index in [1.165, 1.54) is 10.9 Å². The minimum absolute atomic E-state index is 0.134. The second-order valence-electron chi connectivity index (χ2n) is 5.45. The highest BCUT2D eigenvalue weighted by Crippen LogP contribution is 2.32. The third-order valence-corrected chi connectivity index (χ3v) is 3.81. The zero-order valence-electron chi connectivity index (χ0n) is 13.7. The summed E-state index contributed by atoms with van der Waals surface area (Å²) >= 11 is 0. The number of aliphatic hydroxyl groups excluding tert-OH is 2. The number of rotatable bonds is 3. The number of nitrogens with two attached hydrogens (primary N) is 1. The molecule has 1 aliphatic rings. The van der Waals surface area contributed by atoms with Crippen molar-refractivity contribution in [3.8, 4) is 11.8 Å². The van der Waals surface area contributed by atoms with Crippen molar-refractivity contribution in [1.29, 1.82) is 0 Å². The van der Waals surface area contributed by atoms with Crippen LogP contribution in [-0.2, 0) is 9.53 Å². The number of aromatic nitrogens is 4. The van der Waals surface area contributed by atoms with E-state index in [-0.39, 0.29) is 17.3 Å². The Kier molecular flexibility index (Phi) is 4.54. The van der Waals surface area contributed by atoms with E-state index in [9.17, 15) is 15.0 Å². The molecule has 2 aromatic rings. The van der Waals surface area contributed by atoms with Gasteiger partial charge in [0.2, 0.25) is 5.82 Å². The maximum absolute atomic E-state index is 12.0. The standard InChI is InChI=1S/C15H18N6O4/c1-3-5-7-19-12(16)8-13(20-7)21(6-18-8)15-10(23)9(22)11(25-15)14(24)17-4-2/h6,9-11,15,22-23H,4H2,1-2H3,(H,17,24)(H2,16,19,20). The van der Waals surface area contributed by atoms with E-state index in [2.05, 4.69) is 32.1 Å². The Balaban J connectivity index is 2.01. The summed E-state index contributed by atoms with van der Waals surface area (Å²) in [6.07, 6.45) is -3.62. The van der Waals surface area contributed by atoms with Gasteiger partial charge in [0.1, 0.15) is 17.7 Å². The number of nitrogens with one attached hydrogen (secondary N) is 1. The Hall–Kier alpha value is -2.74. The monoisotopic (exact) mass is 346 g/mol. The zero-order valence-corrected chi connectivity index (χ0v) is 13.7. The number of nitrogens with zero attached hydrogens (tertiary/aromatic N) is 4. The topological polar surface area (TPSA) is 148 Å². The van der Waals surface area contributed by atoms with Crippen molar-refractivity contribution in [3.63, 3.8) is 0 Å². The van der Waals surface area contributed by atoms with E-state index in [0.717, 1.165) is 0 Å². The van der Waals surface area contributed by atoms with Crippen LogP contribution in [0.15, 0.2) is 6.33 Å². The molecular weight excluding hydrogens is 328 g/mol. The SMILES string of the molecule is CC#Cc1nc(N)c2ncn(C3OC(C(=O)NCC)C(O)C3O)c2n1. The molecular formula is C15H18N6O4. The summed E-state index contributed by atoms with van der Waals surface area (Å²) in [5, 5.41) is 23.0. The van der Waals surface area contributed by atoms with Crippen LogP contribution in [0.25, 0.3) is 11.2 Å². The number of amides is 1. The molecule has 0 saturated carbocycles. The van der Waals surface area contributed by atoms with Crippen LogP contribution in [0.5, 0.6) is 0 Å². The first-order valence-corrected chi connectivity index (χ1v) is 7.70. The number of carbonyl (C=O) groups excluding carboxylic acids is 1. The first-order chi connectivity index (χ1) is 12.0. The smallest absolute Gasteiger partial charge is 0.252 e. The lowest BCUT2D eigenvalue weighted by molar-refractivity contribution is -0.137. The molecule has 0 spiro atoms. The van der Waals surface area contributed by atoms with Crippen molar-refractivity contribution in [2.75, 3.05) is 12.3 Å². The van der Waals surface area contributed by atoms with Crippen LogP contribution in [0.1, 0.15) is 25.9 Å². The number of nitrogen functional groups attached to an aromatic ring is 1. The van der Waals surface area contributed by atoms with Crippen LogP contribution in [-0.4, -0.2) is 60.5 Å². The molecule has 0 aliphatic carbocycles. The molecule has 0 radical (unpaired) electrons. The molecule has 4 atom stereocenters. The average molecular weight is 346 g/mol. The van der Waals surface area contributed by atoms with Crippen molar-refractivity contribution in [3.05, 3.63) is 12.2 Å². The molecule has 5 N–H and O–H groups in total. The molecule has 10 heteroatoms. The van der Waals surface area contributed by atoms with Crippen molar-refractivity contribution >= 4 is 22.9 Å². The maximum Gasteiger partial charge on any atom is 0.252 e. The Morgan fingerprint density at radius 3 is 2.88 bits per heavy atom. The van der Waals surface area contributed by atoms with Gasteiger partial charge >= 0.3 is 0 Å². The van der Waals surface area contributed by atoms with Crippen LogP contribution in [0.3, 0.4) is 0 Å². The summed E-state index contributed by atoms with van der Waals surface area (Å²) in [5.41, 5.74) is 6.47. The Morgan fingerprint density at radius 2 is 2.20 bits per heavy atom. The van der Waals surface area contributed by atoms with Gasteiger partial charge in [-0.1, -0.05) is 5.92 Å². The quantitative estimate of drug-likeness (QED) is 0.493. The largest absolute Gasteiger partial charge is 0.387 e. The van der Waals surface area contributed by atoms with Crippen LogP contribution < -0.4 is 11.1 Å². The summed E-state index contributed by atoms with van der Waals surface area (Å²) in [6.45, 7) is 3.76. The normalized spacial score (nSPS) is 25.6. The summed E-state index contributed by atoms with van der Waals surface area (Å²) in [4.78, 5) is 24.4. The first-order valence-electron chi connectivity index (χ1n) is 7.70. The highest BCUT2D eigenvalue weighted by molar-refractivity contribution is 5.83. The number of hydrogen-bond acceptors (Lipinski definition) is 8. The summed E-state index contributed by atoms with van der Waals surface area (Å²) in [7, 11) is 0. The third kappa shape index (κ3) is 2.89. The fraction of sp³-hybridized carbons (Fsp3) is 0.467. The third-order valence-electron chi connectivity index (χ3n) is 3.81. The number of anilines is 1. The lowest BCUT2D eigenvalue weighted by Crippen LogP contribution is -2.42. The summed E-state index contributed by atoms with van der Waals surface area (Å²) in [5.74, 6) is 5.20. The fourth-order valence-corrected chi connectivity index (χ4v) is 2.67. The van der Waals surface area contributed by atoms with Gasteiger partial charge in [-0.3, -0.25) is 9.36 Å². The molecule has 1 fully saturated rings. The zero-order chi connectivity index (χ0) is 18.1. The molecule has 1 aliphatic heterocycles. The molecule has 0 aromatic carbocycles. The molecule has 132 valence electrons. The van der Waals surface area contributed by atoms with E-state index < -0.39 is 30.4 Å². The number of aliphatic hydroxyl groups is 2. The number of hydrogen-bond donors (Lipinski definition) is 4. The van der Waals surface area contributed by atoms with E-state index in [4.69, 9.17) is 10.5 Å². The Labute approximate surface area is 143 Å². The predicted molar refractivity (Wildman–Crippen MR) is 86.9 cm³/mol. The first kappa shape index (κ1) is 17.1. The molecule has 1 amide bonds. The molecule has 2 aromatic heterocycles. The van der Waals surface area contributed by atoms with Crippen molar-refractivity contribution < 1.29 is 19.7 Å². The summed E-state index contributed by atoms with van der Waals surface area (Å²) in [6, 6.07) is 0. The van der Waals surface area contributed by atoms with Gasteiger partial charge in [0.15, 0.2) is 23.8 Å². The maximum atomic E-state index is 12.0.